The largest absolute Gasteiger partial charge is 0.391 e. The van der Waals surface area contributed by atoms with Crippen LogP contribution in [0.4, 0.5) is 0 Å². The number of hydrogen-bond donors (Lipinski definition) is 6. The molecule has 0 aliphatic heterocycles. The fourth-order valence-corrected chi connectivity index (χ4v) is 5.99. The molecular formula is C36H55N5O7S. The Kier molecular flexibility index (Phi) is 15.9. The average Bonchev–Trinajstić information content (AvgIpc) is 3.05. The Bertz CT molecular complexity index is 1530. The molecule has 6 N–H and O–H groups in total. The molecule has 0 aliphatic rings. The predicted molar refractivity (Wildman–Crippen MR) is 190 cm³/mol. The number of aliphatic hydroxyl groups is 1. The van der Waals surface area contributed by atoms with Crippen molar-refractivity contribution >= 4 is 33.7 Å². The maximum atomic E-state index is 13.7. The Morgan fingerprint density at radius 3 is 1.82 bits per heavy atom. The first kappa shape index (κ1) is 41.4. The van der Waals surface area contributed by atoms with Crippen LogP contribution in [-0.4, -0.2) is 68.9 Å². The molecule has 49 heavy (non-hydrogen) atoms. The van der Waals surface area contributed by atoms with Crippen molar-refractivity contribution in [2.45, 2.75) is 97.4 Å². The van der Waals surface area contributed by atoms with E-state index in [9.17, 15) is 32.7 Å². The number of nitrogens with one attached hydrogen (secondary N) is 5. The summed E-state index contributed by atoms with van der Waals surface area (Å²) >= 11 is 0. The minimum absolute atomic E-state index is 0.0128. The number of sulfonamides is 1. The summed E-state index contributed by atoms with van der Waals surface area (Å²) in [6.45, 7) is 15.4. The highest BCUT2D eigenvalue weighted by atomic mass is 32.2. The van der Waals surface area contributed by atoms with E-state index >= 15 is 0 Å². The summed E-state index contributed by atoms with van der Waals surface area (Å²) in [5.74, 6) is -2.54. The normalized spacial score (nSPS) is 14.9. The van der Waals surface area contributed by atoms with Gasteiger partial charge in [0.25, 0.3) is 11.8 Å². The number of carbonyl (C=O) groups excluding carboxylic acids is 4. The number of hydrogen-bond acceptors (Lipinski definition) is 7. The molecule has 5 atom stereocenters. The van der Waals surface area contributed by atoms with Gasteiger partial charge in [0.15, 0.2) is 0 Å². The third-order valence-corrected chi connectivity index (χ3v) is 9.53. The number of benzene rings is 2. The van der Waals surface area contributed by atoms with Crippen molar-refractivity contribution in [2.24, 2.45) is 23.7 Å². The van der Waals surface area contributed by atoms with Gasteiger partial charge >= 0.3 is 0 Å². The van der Waals surface area contributed by atoms with Crippen molar-refractivity contribution in [3.63, 3.8) is 0 Å². The molecule has 5 unspecified atom stereocenters. The molecule has 0 aromatic heterocycles. The summed E-state index contributed by atoms with van der Waals surface area (Å²) in [6.07, 6.45) is -0.816. The summed E-state index contributed by atoms with van der Waals surface area (Å²) in [4.78, 5) is 52.6. The molecule has 0 saturated carbocycles. The van der Waals surface area contributed by atoms with Gasteiger partial charge in [0.05, 0.1) is 23.1 Å². The number of carbonyl (C=O) groups is 4. The van der Waals surface area contributed by atoms with E-state index in [-0.39, 0.29) is 46.1 Å². The Labute approximate surface area is 291 Å². The SMILES string of the molecule is CNS(=O)(=O)c1cc(C(=O)NC(C)c2ccccc2)cc(C(=O)NC(CC(C)C)C(O)CC(C)C(=O)NC(C(=O)NCC(C)C)C(C)C)c1. The van der Waals surface area contributed by atoms with E-state index in [1.54, 1.807) is 13.8 Å². The highest BCUT2D eigenvalue weighted by molar-refractivity contribution is 7.89. The summed E-state index contributed by atoms with van der Waals surface area (Å²) < 4.78 is 27.8. The van der Waals surface area contributed by atoms with E-state index in [0.717, 1.165) is 5.56 Å². The lowest BCUT2D eigenvalue weighted by Gasteiger charge is -2.29. The maximum Gasteiger partial charge on any atom is 0.251 e. The van der Waals surface area contributed by atoms with Crippen LogP contribution < -0.4 is 26.0 Å². The molecule has 0 fully saturated rings. The monoisotopic (exact) mass is 701 g/mol. The molecule has 0 heterocycles. The highest BCUT2D eigenvalue weighted by Crippen LogP contribution is 2.20. The van der Waals surface area contributed by atoms with Gasteiger partial charge in [-0.25, -0.2) is 13.1 Å². The lowest BCUT2D eigenvalue weighted by Crippen LogP contribution is -2.52. The quantitative estimate of drug-likeness (QED) is 0.137. The molecule has 2 aromatic carbocycles. The lowest BCUT2D eigenvalue weighted by atomic mass is 9.91. The Morgan fingerprint density at radius 1 is 0.735 bits per heavy atom. The van der Waals surface area contributed by atoms with E-state index < -0.39 is 57.9 Å². The summed E-state index contributed by atoms with van der Waals surface area (Å²) in [7, 11) is -2.81. The zero-order valence-electron chi connectivity index (χ0n) is 30.2. The van der Waals surface area contributed by atoms with Gasteiger partial charge in [-0.1, -0.05) is 78.8 Å². The zero-order valence-corrected chi connectivity index (χ0v) is 31.0. The van der Waals surface area contributed by atoms with Gasteiger partial charge < -0.3 is 26.4 Å². The fourth-order valence-electron chi connectivity index (χ4n) is 5.19. The highest BCUT2D eigenvalue weighted by Gasteiger charge is 2.31. The van der Waals surface area contributed by atoms with Crippen molar-refractivity contribution in [1.29, 1.82) is 0 Å². The molecule has 2 rings (SSSR count). The van der Waals surface area contributed by atoms with Crippen LogP contribution >= 0.6 is 0 Å². The number of aliphatic hydroxyl groups excluding tert-OH is 1. The van der Waals surface area contributed by atoms with Crippen LogP contribution in [0.3, 0.4) is 0 Å². The van der Waals surface area contributed by atoms with Crippen molar-refractivity contribution in [1.82, 2.24) is 26.0 Å². The molecule has 13 heteroatoms. The molecule has 0 spiro atoms. The van der Waals surface area contributed by atoms with Crippen LogP contribution in [0.5, 0.6) is 0 Å². The van der Waals surface area contributed by atoms with Crippen LogP contribution in [0.15, 0.2) is 53.4 Å². The topological polar surface area (TPSA) is 183 Å². The van der Waals surface area contributed by atoms with Crippen molar-refractivity contribution < 1.29 is 32.7 Å². The molecular weight excluding hydrogens is 646 g/mol. The van der Waals surface area contributed by atoms with Gasteiger partial charge in [0.2, 0.25) is 21.8 Å². The van der Waals surface area contributed by atoms with E-state index in [2.05, 4.69) is 26.0 Å². The van der Waals surface area contributed by atoms with Gasteiger partial charge in [-0.3, -0.25) is 19.2 Å². The van der Waals surface area contributed by atoms with Gasteiger partial charge in [0.1, 0.15) is 6.04 Å². The maximum absolute atomic E-state index is 13.7. The fraction of sp³-hybridized carbons (Fsp3) is 0.556. The van der Waals surface area contributed by atoms with Gasteiger partial charge in [-0.15, -0.1) is 0 Å². The third-order valence-electron chi connectivity index (χ3n) is 8.14. The first-order chi connectivity index (χ1) is 22.9. The Hall–Kier alpha value is -3.81. The van der Waals surface area contributed by atoms with E-state index in [1.807, 2.05) is 71.9 Å². The standard InChI is InChI=1S/C36H55N5O7S/c1-21(2)15-30(31(42)16-24(7)33(43)41-32(23(5)6)36(46)38-20-22(3)4)40-35(45)28-17-27(18-29(19-28)49(47,48)37-9)34(44)39-25(8)26-13-11-10-12-14-26/h10-14,17-19,21-25,30-32,37,42H,15-16,20H2,1-9H3,(H,38,46)(H,39,44)(H,40,45)(H,41,43). The molecule has 2 aromatic rings. The molecule has 272 valence electrons. The van der Waals surface area contributed by atoms with Crippen LogP contribution in [0.25, 0.3) is 0 Å². The molecule has 12 nitrogen and oxygen atoms in total. The van der Waals surface area contributed by atoms with Crippen LogP contribution in [0, 0.1) is 23.7 Å². The molecule has 4 amide bonds. The van der Waals surface area contributed by atoms with Crippen LogP contribution in [0.1, 0.15) is 101 Å². The van der Waals surface area contributed by atoms with Gasteiger partial charge in [-0.2, -0.15) is 0 Å². The lowest BCUT2D eigenvalue weighted by molar-refractivity contribution is -0.132. The Morgan fingerprint density at radius 2 is 1.31 bits per heavy atom. The average molecular weight is 702 g/mol. The predicted octanol–water partition coefficient (Wildman–Crippen LogP) is 3.53. The summed E-state index contributed by atoms with van der Waals surface area (Å²) in [6, 6.07) is 11.0. The van der Waals surface area contributed by atoms with Gasteiger partial charge in [-0.05, 0) is 68.3 Å². The first-order valence-corrected chi connectivity index (χ1v) is 18.4. The Balaban J connectivity index is 2.29. The van der Waals surface area contributed by atoms with Crippen molar-refractivity contribution in [3.8, 4) is 0 Å². The van der Waals surface area contributed by atoms with Crippen LogP contribution in [-0.2, 0) is 19.6 Å². The van der Waals surface area contributed by atoms with E-state index in [0.29, 0.717) is 13.0 Å². The summed E-state index contributed by atoms with van der Waals surface area (Å²) in [5.41, 5.74) is 0.718. The van der Waals surface area contributed by atoms with Crippen LogP contribution in [0.2, 0.25) is 0 Å². The second-order valence-corrected chi connectivity index (χ2v) is 15.7. The number of rotatable bonds is 18. The third kappa shape index (κ3) is 12.9. The second kappa shape index (κ2) is 18.8. The van der Waals surface area contributed by atoms with Crippen molar-refractivity contribution in [3.05, 3.63) is 65.2 Å². The smallest absolute Gasteiger partial charge is 0.251 e. The number of amides is 4. The van der Waals surface area contributed by atoms with Crippen molar-refractivity contribution in [2.75, 3.05) is 13.6 Å². The molecule has 0 bridgehead atoms. The minimum Gasteiger partial charge on any atom is -0.391 e. The molecule has 0 radical (unpaired) electrons. The summed E-state index contributed by atoms with van der Waals surface area (Å²) in [5, 5.41) is 22.6. The van der Waals surface area contributed by atoms with E-state index in [1.165, 1.54) is 25.2 Å². The van der Waals surface area contributed by atoms with E-state index in [4.69, 9.17) is 0 Å². The zero-order chi connectivity index (χ0) is 37.1. The van der Waals surface area contributed by atoms with Gasteiger partial charge in [0, 0.05) is 23.6 Å². The molecule has 0 saturated heterocycles. The first-order valence-electron chi connectivity index (χ1n) is 16.9. The minimum atomic E-state index is -4.04. The second-order valence-electron chi connectivity index (χ2n) is 13.8. The molecule has 0 aliphatic carbocycles.